The summed E-state index contributed by atoms with van der Waals surface area (Å²) in [7, 11) is -6.01. The summed E-state index contributed by atoms with van der Waals surface area (Å²) in [6.45, 7) is 3.23. The number of benzene rings is 1. The Morgan fingerprint density at radius 2 is 1.70 bits per heavy atom. The molecule has 1 aromatic carbocycles. The number of nitrogens with two attached hydrogens (primary N) is 1. The Hall–Kier alpha value is -1.79. The second kappa shape index (κ2) is 8.07. The van der Waals surface area contributed by atoms with Crippen LogP contribution in [0.5, 0.6) is 0 Å². The molecule has 2 atom stereocenters. The van der Waals surface area contributed by atoms with Gasteiger partial charge in [-0.15, -0.1) is 11.3 Å². The zero-order valence-electron chi connectivity index (χ0n) is 15.0. The highest BCUT2D eigenvalue weighted by Crippen LogP contribution is 2.22. The smallest absolute Gasteiger partial charge is 0.250 e. The molecule has 2 unspecified atom stereocenters. The molecule has 8 nitrogen and oxygen atoms in total. The average molecular weight is 432 g/mol. The highest BCUT2D eigenvalue weighted by molar-refractivity contribution is 7.91. The van der Waals surface area contributed by atoms with Crippen molar-refractivity contribution < 1.29 is 21.6 Å². The van der Waals surface area contributed by atoms with E-state index in [4.69, 9.17) is 5.14 Å². The quantitative estimate of drug-likeness (QED) is 0.683. The van der Waals surface area contributed by atoms with Crippen molar-refractivity contribution in [2.45, 2.75) is 35.0 Å². The molecular formula is C16H21N3O5S3. The van der Waals surface area contributed by atoms with Gasteiger partial charge in [-0.25, -0.2) is 22.0 Å². The number of carbonyl (C=O) groups is 1. The number of hydrogen-bond acceptors (Lipinski definition) is 6. The lowest BCUT2D eigenvalue weighted by atomic mass is 10.1. The summed E-state index contributed by atoms with van der Waals surface area (Å²) < 4.78 is 49.7. The molecule has 1 amide bonds. The molecule has 0 saturated carbocycles. The number of carbonyl (C=O) groups excluding carboxylic acids is 1. The molecular weight excluding hydrogens is 410 g/mol. The van der Waals surface area contributed by atoms with Gasteiger partial charge in [0.15, 0.2) is 0 Å². The van der Waals surface area contributed by atoms with Crippen LogP contribution < -0.4 is 9.86 Å². The van der Waals surface area contributed by atoms with E-state index in [1.807, 2.05) is 0 Å². The highest BCUT2D eigenvalue weighted by atomic mass is 32.2. The monoisotopic (exact) mass is 431 g/mol. The van der Waals surface area contributed by atoms with E-state index in [1.54, 1.807) is 37.6 Å². The third-order valence-electron chi connectivity index (χ3n) is 4.08. The number of sulfonamides is 2. The number of nitrogens with zero attached hydrogens (tertiary/aromatic N) is 1. The first-order chi connectivity index (χ1) is 12.4. The number of amides is 1. The number of likely N-dealkylation sites (N-methyl/N-ethyl adjacent to an activating group) is 1. The van der Waals surface area contributed by atoms with E-state index in [2.05, 4.69) is 4.72 Å². The fraction of sp³-hybridized carbons (Fsp3) is 0.312. The predicted molar refractivity (Wildman–Crippen MR) is 103 cm³/mol. The van der Waals surface area contributed by atoms with Gasteiger partial charge in [0, 0.05) is 7.05 Å². The Morgan fingerprint density at radius 1 is 1.11 bits per heavy atom. The molecule has 3 N–H and O–H groups in total. The largest absolute Gasteiger partial charge is 0.338 e. The van der Waals surface area contributed by atoms with Crippen LogP contribution in [0.3, 0.4) is 0 Å². The molecule has 0 saturated heterocycles. The van der Waals surface area contributed by atoms with Gasteiger partial charge in [0.1, 0.15) is 4.21 Å². The van der Waals surface area contributed by atoms with E-state index >= 15 is 0 Å². The summed E-state index contributed by atoms with van der Waals surface area (Å²) in [6, 6.07) is 7.57. The summed E-state index contributed by atoms with van der Waals surface area (Å²) in [6.07, 6.45) is 0. The van der Waals surface area contributed by atoms with Gasteiger partial charge in [0.05, 0.1) is 17.0 Å². The van der Waals surface area contributed by atoms with Gasteiger partial charge in [-0.2, -0.15) is 4.72 Å². The van der Waals surface area contributed by atoms with Gasteiger partial charge in [0.2, 0.25) is 15.9 Å². The van der Waals surface area contributed by atoms with Crippen LogP contribution in [0.15, 0.2) is 50.9 Å². The van der Waals surface area contributed by atoms with E-state index in [0.29, 0.717) is 5.56 Å². The third kappa shape index (κ3) is 5.14. The Labute approximate surface area is 163 Å². The summed E-state index contributed by atoms with van der Waals surface area (Å²) in [5, 5.41) is 6.71. The first-order valence-corrected chi connectivity index (χ1v) is 11.8. The van der Waals surface area contributed by atoms with Gasteiger partial charge < -0.3 is 4.90 Å². The van der Waals surface area contributed by atoms with Crippen molar-refractivity contribution in [1.29, 1.82) is 0 Å². The SMILES string of the molecule is CC(NS(=O)(=O)c1cccs1)C(=O)N(C)C(C)c1ccc(S(N)(=O)=O)cc1. The summed E-state index contributed by atoms with van der Waals surface area (Å²) in [5.74, 6) is -0.418. The van der Waals surface area contributed by atoms with Crippen LogP contribution in [0.2, 0.25) is 0 Å². The molecule has 11 heteroatoms. The summed E-state index contributed by atoms with van der Waals surface area (Å²) in [5.41, 5.74) is 0.687. The van der Waals surface area contributed by atoms with Crippen LogP contribution >= 0.6 is 11.3 Å². The zero-order chi connectivity index (χ0) is 20.4. The van der Waals surface area contributed by atoms with Crippen LogP contribution in [0, 0.1) is 0 Å². The van der Waals surface area contributed by atoms with Crippen molar-refractivity contribution in [2.24, 2.45) is 5.14 Å². The Morgan fingerprint density at radius 3 is 2.19 bits per heavy atom. The summed E-state index contributed by atoms with van der Waals surface area (Å²) >= 11 is 1.06. The van der Waals surface area contributed by atoms with Gasteiger partial charge in [0.25, 0.3) is 10.0 Å². The van der Waals surface area contributed by atoms with Crippen LogP contribution in [0.4, 0.5) is 0 Å². The highest BCUT2D eigenvalue weighted by Gasteiger charge is 2.27. The fourth-order valence-electron chi connectivity index (χ4n) is 2.41. The van der Waals surface area contributed by atoms with Crippen molar-refractivity contribution in [3.05, 3.63) is 47.3 Å². The maximum Gasteiger partial charge on any atom is 0.250 e. The number of thiophene rings is 1. The van der Waals surface area contributed by atoms with Crippen molar-refractivity contribution >= 4 is 37.3 Å². The lowest BCUT2D eigenvalue weighted by Crippen LogP contribution is -2.46. The number of hydrogen-bond donors (Lipinski definition) is 2. The molecule has 2 aromatic rings. The van der Waals surface area contributed by atoms with E-state index in [9.17, 15) is 21.6 Å². The first kappa shape index (κ1) is 21.5. The molecule has 0 aliphatic carbocycles. The maximum absolute atomic E-state index is 12.6. The molecule has 0 aliphatic rings. The molecule has 148 valence electrons. The van der Waals surface area contributed by atoms with Gasteiger partial charge in [-0.1, -0.05) is 18.2 Å². The topological polar surface area (TPSA) is 127 Å². The van der Waals surface area contributed by atoms with Crippen LogP contribution in [0.1, 0.15) is 25.5 Å². The normalized spacial score (nSPS) is 14.5. The van der Waals surface area contributed by atoms with Crippen LogP contribution in [-0.2, 0) is 24.8 Å². The van der Waals surface area contributed by atoms with Gasteiger partial charge >= 0.3 is 0 Å². The minimum Gasteiger partial charge on any atom is -0.338 e. The number of nitrogens with one attached hydrogen (secondary N) is 1. The lowest BCUT2D eigenvalue weighted by Gasteiger charge is -2.28. The zero-order valence-corrected chi connectivity index (χ0v) is 17.4. The molecule has 0 fully saturated rings. The second-order valence-corrected chi connectivity index (χ2v) is 10.5. The van der Waals surface area contributed by atoms with E-state index < -0.39 is 38.0 Å². The maximum atomic E-state index is 12.6. The van der Waals surface area contributed by atoms with Crippen LogP contribution in [0.25, 0.3) is 0 Å². The Kier molecular flexibility index (Phi) is 6.43. The third-order valence-corrected chi connectivity index (χ3v) is 7.95. The minimum atomic E-state index is -3.79. The standard InChI is InChI=1S/C16H21N3O5S3/c1-11(18-27(23,24)15-5-4-10-25-15)16(20)19(3)12(2)13-6-8-14(9-7-13)26(17,21)22/h4-12,18H,1-3H3,(H2,17,21,22). The Balaban J connectivity index is 2.11. The number of primary sulfonamides is 1. The van der Waals surface area contributed by atoms with Crippen molar-refractivity contribution in [3.63, 3.8) is 0 Å². The fourth-order valence-corrected chi connectivity index (χ4v) is 5.14. The van der Waals surface area contributed by atoms with Crippen molar-refractivity contribution in [2.75, 3.05) is 7.05 Å². The molecule has 0 aliphatic heterocycles. The summed E-state index contributed by atoms with van der Waals surface area (Å²) in [4.78, 5) is 14.0. The first-order valence-electron chi connectivity index (χ1n) is 7.89. The lowest BCUT2D eigenvalue weighted by molar-refractivity contribution is -0.133. The van der Waals surface area contributed by atoms with E-state index in [-0.39, 0.29) is 9.10 Å². The molecule has 1 heterocycles. The van der Waals surface area contributed by atoms with Crippen LogP contribution in [-0.4, -0.2) is 40.7 Å². The second-order valence-electron chi connectivity index (χ2n) is 6.01. The van der Waals surface area contributed by atoms with Gasteiger partial charge in [-0.3, -0.25) is 4.79 Å². The molecule has 27 heavy (non-hydrogen) atoms. The minimum absolute atomic E-state index is 0.0236. The molecule has 0 spiro atoms. The average Bonchev–Trinajstić information content (AvgIpc) is 3.14. The predicted octanol–water partition coefficient (Wildman–Crippen LogP) is 1.28. The van der Waals surface area contributed by atoms with E-state index in [1.165, 1.54) is 30.0 Å². The Bertz CT molecular complexity index is 1000. The molecule has 0 bridgehead atoms. The van der Waals surface area contributed by atoms with Crippen molar-refractivity contribution in [3.8, 4) is 0 Å². The molecule has 2 rings (SSSR count). The molecule has 1 aromatic heterocycles. The number of rotatable bonds is 7. The van der Waals surface area contributed by atoms with Gasteiger partial charge in [-0.05, 0) is 43.0 Å². The van der Waals surface area contributed by atoms with E-state index in [0.717, 1.165) is 11.3 Å². The van der Waals surface area contributed by atoms with Crippen molar-refractivity contribution in [1.82, 2.24) is 9.62 Å². The molecule has 0 radical (unpaired) electrons.